The van der Waals surface area contributed by atoms with Crippen LogP contribution in [0.5, 0.6) is 5.75 Å². The summed E-state index contributed by atoms with van der Waals surface area (Å²) in [5.74, 6) is 0.572. The summed E-state index contributed by atoms with van der Waals surface area (Å²) in [7, 11) is 1.36. The lowest BCUT2D eigenvalue weighted by Crippen LogP contribution is -2.39. The minimum absolute atomic E-state index is 0.0555. The van der Waals surface area contributed by atoms with E-state index in [1.807, 2.05) is 44.2 Å². The molecule has 0 aliphatic heterocycles. The molecule has 128 valence electrons. The average molecular weight is 321 g/mol. The molecule has 0 aromatic heterocycles. The van der Waals surface area contributed by atoms with E-state index in [2.05, 4.69) is 4.74 Å². The zero-order valence-electron chi connectivity index (χ0n) is 14.3. The van der Waals surface area contributed by atoms with Gasteiger partial charge in [0.1, 0.15) is 5.75 Å². The monoisotopic (exact) mass is 321 g/mol. The van der Waals surface area contributed by atoms with E-state index in [0.29, 0.717) is 26.0 Å². The van der Waals surface area contributed by atoms with E-state index < -0.39 is 0 Å². The highest BCUT2D eigenvalue weighted by Gasteiger charge is 2.19. The molecule has 0 spiro atoms. The first-order valence-electron chi connectivity index (χ1n) is 8.12. The molecular formula is C18H27NO4. The fourth-order valence-corrected chi connectivity index (χ4v) is 2.20. The minimum Gasteiger partial charge on any atom is -0.494 e. The molecule has 0 aliphatic carbocycles. The van der Waals surface area contributed by atoms with Crippen LogP contribution in [0.3, 0.4) is 0 Å². The molecule has 1 unspecified atom stereocenters. The fourth-order valence-electron chi connectivity index (χ4n) is 2.20. The lowest BCUT2D eigenvalue weighted by atomic mass is 10.1. The highest BCUT2D eigenvalue weighted by molar-refractivity contribution is 5.77. The molecule has 0 radical (unpaired) electrons. The molecule has 1 rings (SSSR count). The predicted octanol–water partition coefficient (Wildman–Crippen LogP) is 3.04. The van der Waals surface area contributed by atoms with Gasteiger partial charge in [0, 0.05) is 19.0 Å². The normalized spacial score (nSPS) is 11.6. The molecule has 5 heteroatoms. The molecule has 0 fully saturated rings. The summed E-state index contributed by atoms with van der Waals surface area (Å²) < 4.78 is 10.2. The van der Waals surface area contributed by atoms with Gasteiger partial charge in [-0.1, -0.05) is 25.1 Å². The molecule has 1 amide bonds. The van der Waals surface area contributed by atoms with Crippen molar-refractivity contribution in [3.8, 4) is 5.75 Å². The Morgan fingerprint density at radius 1 is 1.17 bits per heavy atom. The third-order valence-corrected chi connectivity index (χ3v) is 3.77. The van der Waals surface area contributed by atoms with E-state index in [1.165, 1.54) is 7.11 Å². The minimum atomic E-state index is -0.293. The van der Waals surface area contributed by atoms with Crippen molar-refractivity contribution >= 4 is 11.9 Å². The van der Waals surface area contributed by atoms with Crippen LogP contribution in [0.4, 0.5) is 0 Å². The molecule has 0 bridgehead atoms. The standard InChI is InChI=1S/C18H27NO4/c1-4-15(2)19(13-12-18(21)22-3)17(20)11-8-14-23-16-9-6-5-7-10-16/h5-7,9-10,15H,4,8,11-14H2,1-3H3. The molecule has 1 aromatic rings. The van der Waals surface area contributed by atoms with Gasteiger partial charge in [-0.3, -0.25) is 9.59 Å². The van der Waals surface area contributed by atoms with E-state index in [0.717, 1.165) is 12.2 Å². The summed E-state index contributed by atoms with van der Waals surface area (Å²) in [5, 5.41) is 0. The van der Waals surface area contributed by atoms with Crippen molar-refractivity contribution in [3.05, 3.63) is 30.3 Å². The van der Waals surface area contributed by atoms with Crippen molar-refractivity contribution in [2.24, 2.45) is 0 Å². The Morgan fingerprint density at radius 2 is 1.87 bits per heavy atom. The largest absolute Gasteiger partial charge is 0.494 e. The van der Waals surface area contributed by atoms with Gasteiger partial charge < -0.3 is 14.4 Å². The van der Waals surface area contributed by atoms with Crippen LogP contribution in [0.2, 0.25) is 0 Å². The third-order valence-electron chi connectivity index (χ3n) is 3.77. The van der Waals surface area contributed by atoms with Gasteiger partial charge in [0.15, 0.2) is 0 Å². The smallest absolute Gasteiger partial charge is 0.307 e. The number of methoxy groups -OCH3 is 1. The van der Waals surface area contributed by atoms with Gasteiger partial charge in [0.05, 0.1) is 20.1 Å². The van der Waals surface area contributed by atoms with E-state index >= 15 is 0 Å². The van der Waals surface area contributed by atoms with Gasteiger partial charge in [-0.2, -0.15) is 0 Å². The Kier molecular flexibility index (Phi) is 8.80. The number of carbonyl (C=O) groups is 2. The number of esters is 1. The van der Waals surface area contributed by atoms with Crippen LogP contribution in [0.25, 0.3) is 0 Å². The van der Waals surface area contributed by atoms with Crippen molar-refractivity contribution in [3.63, 3.8) is 0 Å². The van der Waals surface area contributed by atoms with Crippen LogP contribution in [-0.4, -0.2) is 43.1 Å². The quantitative estimate of drug-likeness (QED) is 0.491. The van der Waals surface area contributed by atoms with Crippen LogP contribution in [0.1, 0.15) is 39.5 Å². The number of benzene rings is 1. The fraction of sp³-hybridized carbons (Fsp3) is 0.556. The van der Waals surface area contributed by atoms with E-state index in [-0.39, 0.29) is 24.3 Å². The van der Waals surface area contributed by atoms with E-state index in [4.69, 9.17) is 4.74 Å². The Balaban J connectivity index is 2.38. The first-order chi connectivity index (χ1) is 11.1. The zero-order valence-corrected chi connectivity index (χ0v) is 14.3. The Bertz CT molecular complexity index is 475. The summed E-state index contributed by atoms with van der Waals surface area (Å²) in [6, 6.07) is 9.66. The number of rotatable bonds is 10. The van der Waals surface area contributed by atoms with Gasteiger partial charge in [-0.05, 0) is 31.9 Å². The molecule has 0 aliphatic rings. The summed E-state index contributed by atoms with van der Waals surface area (Å²) in [4.78, 5) is 25.4. The molecule has 0 N–H and O–H groups in total. The molecule has 23 heavy (non-hydrogen) atoms. The lowest BCUT2D eigenvalue weighted by molar-refractivity contribution is -0.142. The number of nitrogens with zero attached hydrogens (tertiary/aromatic N) is 1. The molecule has 5 nitrogen and oxygen atoms in total. The molecule has 1 atom stereocenters. The van der Waals surface area contributed by atoms with Crippen molar-refractivity contribution < 1.29 is 19.1 Å². The van der Waals surface area contributed by atoms with Crippen LogP contribution in [-0.2, 0) is 14.3 Å². The molecule has 0 saturated carbocycles. The third kappa shape index (κ3) is 7.17. The summed E-state index contributed by atoms with van der Waals surface area (Å²) >= 11 is 0. The molecule has 1 aromatic carbocycles. The number of hydrogen-bond donors (Lipinski definition) is 0. The van der Waals surface area contributed by atoms with Crippen molar-refractivity contribution in [2.75, 3.05) is 20.3 Å². The van der Waals surface area contributed by atoms with Crippen LogP contribution >= 0.6 is 0 Å². The van der Waals surface area contributed by atoms with Crippen LogP contribution in [0, 0.1) is 0 Å². The number of carbonyl (C=O) groups excluding carboxylic acids is 2. The van der Waals surface area contributed by atoms with Crippen LogP contribution < -0.4 is 4.74 Å². The van der Waals surface area contributed by atoms with Crippen LogP contribution in [0.15, 0.2) is 30.3 Å². The maximum absolute atomic E-state index is 12.4. The second-order valence-electron chi connectivity index (χ2n) is 5.44. The van der Waals surface area contributed by atoms with Crippen molar-refractivity contribution in [2.45, 2.75) is 45.6 Å². The molecule has 0 saturated heterocycles. The van der Waals surface area contributed by atoms with Crippen molar-refractivity contribution in [1.82, 2.24) is 4.90 Å². The van der Waals surface area contributed by atoms with E-state index in [9.17, 15) is 9.59 Å². The second kappa shape index (κ2) is 10.6. The number of para-hydroxylation sites is 1. The highest BCUT2D eigenvalue weighted by atomic mass is 16.5. The first-order valence-corrected chi connectivity index (χ1v) is 8.12. The molecular weight excluding hydrogens is 294 g/mol. The number of hydrogen-bond acceptors (Lipinski definition) is 4. The van der Waals surface area contributed by atoms with Gasteiger partial charge in [-0.25, -0.2) is 0 Å². The molecule has 0 heterocycles. The Morgan fingerprint density at radius 3 is 2.48 bits per heavy atom. The lowest BCUT2D eigenvalue weighted by Gasteiger charge is -2.28. The summed E-state index contributed by atoms with van der Waals surface area (Å²) in [6.45, 7) is 4.93. The first kappa shape index (κ1) is 19.0. The topological polar surface area (TPSA) is 55.8 Å². The highest BCUT2D eigenvalue weighted by Crippen LogP contribution is 2.11. The Labute approximate surface area is 138 Å². The average Bonchev–Trinajstić information content (AvgIpc) is 2.59. The van der Waals surface area contributed by atoms with Gasteiger partial charge in [0.25, 0.3) is 0 Å². The number of ether oxygens (including phenoxy) is 2. The predicted molar refractivity (Wildman–Crippen MR) is 89.3 cm³/mol. The maximum atomic E-state index is 12.4. The van der Waals surface area contributed by atoms with Gasteiger partial charge in [-0.15, -0.1) is 0 Å². The second-order valence-corrected chi connectivity index (χ2v) is 5.44. The van der Waals surface area contributed by atoms with E-state index in [1.54, 1.807) is 4.90 Å². The maximum Gasteiger partial charge on any atom is 0.307 e. The zero-order chi connectivity index (χ0) is 17.1. The summed E-state index contributed by atoms with van der Waals surface area (Å²) in [6.07, 6.45) is 2.15. The van der Waals surface area contributed by atoms with Crippen molar-refractivity contribution in [1.29, 1.82) is 0 Å². The van der Waals surface area contributed by atoms with Gasteiger partial charge >= 0.3 is 5.97 Å². The SMILES string of the molecule is CCC(C)N(CCC(=O)OC)C(=O)CCCOc1ccccc1. The number of amides is 1. The van der Waals surface area contributed by atoms with Gasteiger partial charge in [0.2, 0.25) is 5.91 Å². The Hall–Kier alpha value is -2.04. The summed E-state index contributed by atoms with van der Waals surface area (Å²) in [5.41, 5.74) is 0.